The number of ether oxygens (including phenoxy) is 4. The Labute approximate surface area is 484 Å². The van der Waals surface area contributed by atoms with Crippen molar-refractivity contribution in [2.75, 3.05) is 13.2 Å². The van der Waals surface area contributed by atoms with E-state index >= 15 is 0 Å². The molecule has 0 spiro atoms. The summed E-state index contributed by atoms with van der Waals surface area (Å²) in [6.45, 7) is 24.4. The second-order valence-corrected chi connectivity index (χ2v) is 26.1. The first-order chi connectivity index (χ1) is 37.9. The number of benzene rings is 4. The van der Waals surface area contributed by atoms with Crippen LogP contribution in [0.3, 0.4) is 0 Å². The van der Waals surface area contributed by atoms with Gasteiger partial charge in [-0.15, -0.1) is 0 Å². The van der Waals surface area contributed by atoms with Crippen molar-refractivity contribution in [1.29, 1.82) is 0 Å². The molecule has 4 aliphatic rings. The molecule has 2 fully saturated rings. The molecular formula is C66H86BBrN4O8. The molecule has 2 aromatic heterocycles. The Balaban J connectivity index is 0.000000190. The van der Waals surface area contributed by atoms with E-state index in [4.69, 9.17) is 29.0 Å². The zero-order chi connectivity index (χ0) is 57.7. The van der Waals surface area contributed by atoms with Crippen molar-refractivity contribution >= 4 is 35.0 Å². The summed E-state index contributed by atoms with van der Waals surface area (Å²) in [7, 11) is 2.86. The van der Waals surface area contributed by atoms with Crippen molar-refractivity contribution in [1.82, 2.24) is 19.1 Å². The van der Waals surface area contributed by atoms with E-state index in [0.717, 1.165) is 57.2 Å². The van der Waals surface area contributed by atoms with E-state index in [-0.39, 0.29) is 64.1 Å². The summed E-state index contributed by atoms with van der Waals surface area (Å²) in [5, 5.41) is 16.5. The van der Waals surface area contributed by atoms with E-state index in [1.165, 1.54) is 71.9 Å². The number of halogens is 1. The molecule has 2 atom stereocenters. The van der Waals surface area contributed by atoms with E-state index in [1.54, 1.807) is 12.4 Å². The molecule has 2 saturated carbocycles. The molecule has 428 valence electrons. The molecule has 0 bridgehead atoms. The van der Waals surface area contributed by atoms with Crippen LogP contribution >= 0.6 is 15.9 Å². The quantitative estimate of drug-likeness (QED) is 0.0630. The third-order valence-corrected chi connectivity index (χ3v) is 18.0. The van der Waals surface area contributed by atoms with E-state index in [0.29, 0.717) is 32.3 Å². The Bertz CT molecular complexity index is 3080. The number of carbonyl (C=O) groups is 2. The van der Waals surface area contributed by atoms with Gasteiger partial charge in [0.15, 0.2) is 0 Å². The smallest absolute Gasteiger partial charge is 0.454 e. The van der Waals surface area contributed by atoms with Crippen LogP contribution in [-0.2, 0) is 68.0 Å². The van der Waals surface area contributed by atoms with Crippen LogP contribution in [0.2, 0.25) is 5.82 Å². The molecule has 14 heteroatoms. The van der Waals surface area contributed by atoms with Gasteiger partial charge in [-0.25, -0.2) is 9.97 Å². The van der Waals surface area contributed by atoms with Crippen molar-refractivity contribution < 1.29 is 38.6 Å². The zero-order valence-corrected chi connectivity index (χ0v) is 51.1. The van der Waals surface area contributed by atoms with Crippen LogP contribution in [0.1, 0.15) is 213 Å². The fourth-order valence-electron chi connectivity index (χ4n) is 11.5. The first kappa shape index (κ1) is 60.4. The number of carbonyl (C=O) groups excluding carboxylic acids is 2. The molecule has 0 amide bonds. The lowest BCUT2D eigenvalue weighted by molar-refractivity contribution is -0.144. The van der Waals surface area contributed by atoms with Gasteiger partial charge in [0.1, 0.15) is 36.4 Å². The van der Waals surface area contributed by atoms with Crippen molar-refractivity contribution in [2.45, 2.75) is 192 Å². The predicted octanol–water partition coefficient (Wildman–Crippen LogP) is 14.1. The first-order valence-corrected chi connectivity index (χ1v) is 29.8. The minimum absolute atomic E-state index is 0.154. The Morgan fingerprint density at radius 3 is 1.34 bits per heavy atom. The molecule has 80 heavy (non-hydrogen) atoms. The van der Waals surface area contributed by atoms with Gasteiger partial charge in [-0.3, -0.25) is 9.59 Å². The fourth-order valence-corrected chi connectivity index (χ4v) is 12.0. The van der Waals surface area contributed by atoms with Gasteiger partial charge in [-0.1, -0.05) is 127 Å². The second-order valence-electron chi connectivity index (χ2n) is 25.3. The Kier molecular flexibility index (Phi) is 19.0. The number of fused-ring (bicyclic) bond motifs is 2. The largest absolute Gasteiger partial charge is 0.489 e. The molecular weight excluding hydrogens is 1070 g/mol. The third kappa shape index (κ3) is 14.7. The molecule has 6 aromatic rings. The van der Waals surface area contributed by atoms with Crippen LogP contribution in [0.15, 0.2) is 102 Å². The summed E-state index contributed by atoms with van der Waals surface area (Å²) < 4.78 is 28.1. The molecule has 12 nitrogen and oxygen atoms in total. The fraction of sp³-hybridized carbons (Fsp3) is 0.515. The van der Waals surface area contributed by atoms with E-state index < -0.39 is 7.12 Å². The average Bonchev–Trinajstić information content (AvgIpc) is 4.51. The second kappa shape index (κ2) is 25.2. The van der Waals surface area contributed by atoms with Gasteiger partial charge in [-0.2, -0.15) is 0 Å². The maximum absolute atomic E-state index is 12.4. The van der Waals surface area contributed by atoms with Crippen LogP contribution in [-0.4, -0.2) is 61.4 Å². The van der Waals surface area contributed by atoms with E-state index in [2.05, 4.69) is 106 Å². The minimum atomic E-state index is -1.04. The summed E-state index contributed by atoms with van der Waals surface area (Å²) >= 11 is 3.80. The maximum atomic E-state index is 12.4. The number of aryl methyl sites for hydroxylation is 2. The standard InChI is InChI=1S/C33H42N2O3.C30H37BrN2O3.C3H7BO2/c1-7-37-30(36)20-27(31-34-16-17-35(31)6)23-10-12-25(13-11-23)38-21-24-18-28-29(19-26(24)22-8-9-22)33(4,5)15-14-32(28,2)3;1-7-35-27(34)17-23(28-32-14-15-33(28)6)20-8-10-22(11-9-20)36-19-21-16-24-25(18-26(21)31)30(4,5)13-12-29(24,2)3;5-4(6)3-1-2-3/h10-13,16-19,22,27H,7-9,14-15,20-21H2,1-6H3;8-11,14-16,18,23H,7,12-13,17,19H2,1-6H3;3,5-6H,1-2H2/t27-;23-;/m00./s1. The van der Waals surface area contributed by atoms with Gasteiger partial charge in [0.2, 0.25) is 0 Å². The third-order valence-electron chi connectivity index (χ3n) is 17.2. The lowest BCUT2D eigenvalue weighted by Crippen LogP contribution is -2.34. The number of imidazole rings is 2. The number of rotatable bonds is 18. The van der Waals surface area contributed by atoms with Gasteiger partial charge in [0.25, 0.3) is 0 Å². The number of hydrogen-bond acceptors (Lipinski definition) is 10. The SMILES string of the molecule is CCOC(=O)C[C@@H](c1ccc(OCc2cc3c(cc2Br)C(C)(C)CCC3(C)C)cc1)c1nccn1C.CCOC(=O)C[C@@H](c1ccc(OCc2cc3c(cc2C2CC2)C(C)(C)CCC3(C)C)cc1)c1nccn1C.OB(O)C1CC1. The number of nitrogens with zero attached hydrogens (tertiary/aromatic N) is 4. The number of esters is 2. The monoisotopic (exact) mass is 1150 g/mol. The topological polar surface area (TPSA) is 147 Å². The van der Waals surface area contributed by atoms with Gasteiger partial charge in [0, 0.05) is 48.9 Å². The van der Waals surface area contributed by atoms with Crippen molar-refractivity contribution in [3.63, 3.8) is 0 Å². The Hall–Kier alpha value is -5.70. The van der Waals surface area contributed by atoms with Crippen LogP contribution in [0.5, 0.6) is 11.5 Å². The lowest BCUT2D eigenvalue weighted by atomic mass is 9.62. The summed E-state index contributed by atoms with van der Waals surface area (Å²) in [6, 6.07) is 25.7. The Morgan fingerprint density at radius 1 is 0.600 bits per heavy atom. The maximum Gasteiger partial charge on any atom is 0.454 e. The average molecular weight is 1150 g/mol. The van der Waals surface area contributed by atoms with Crippen LogP contribution in [0, 0.1) is 0 Å². The molecule has 0 unspecified atom stereocenters. The number of hydrogen-bond donors (Lipinski definition) is 2. The van der Waals surface area contributed by atoms with Crippen molar-refractivity contribution in [3.05, 3.63) is 164 Å². The number of aromatic nitrogens is 4. The van der Waals surface area contributed by atoms with Crippen LogP contribution in [0.4, 0.5) is 0 Å². The molecule has 4 aliphatic carbocycles. The lowest BCUT2D eigenvalue weighted by Gasteiger charge is -2.42. The van der Waals surface area contributed by atoms with E-state index in [9.17, 15) is 9.59 Å². The van der Waals surface area contributed by atoms with Gasteiger partial charge >= 0.3 is 19.1 Å². The highest BCUT2D eigenvalue weighted by atomic mass is 79.9. The summed E-state index contributed by atoms with van der Waals surface area (Å²) in [5.74, 6) is 3.39. The Morgan fingerprint density at radius 2 is 0.988 bits per heavy atom. The van der Waals surface area contributed by atoms with Gasteiger partial charge in [0.05, 0.1) is 37.9 Å². The van der Waals surface area contributed by atoms with Crippen LogP contribution in [0.25, 0.3) is 0 Å². The summed E-state index contributed by atoms with van der Waals surface area (Å²) in [6.07, 6.45) is 17.2. The molecule has 0 saturated heterocycles. The van der Waals surface area contributed by atoms with Crippen LogP contribution < -0.4 is 9.47 Å². The molecule has 2 N–H and O–H groups in total. The predicted molar refractivity (Wildman–Crippen MR) is 320 cm³/mol. The zero-order valence-electron chi connectivity index (χ0n) is 49.5. The van der Waals surface area contributed by atoms with Gasteiger partial charge < -0.3 is 38.1 Å². The molecule has 0 aliphatic heterocycles. The normalized spacial score (nSPS) is 17.9. The molecule has 2 heterocycles. The van der Waals surface area contributed by atoms with Crippen molar-refractivity contribution in [3.8, 4) is 11.5 Å². The molecule has 10 rings (SSSR count). The van der Waals surface area contributed by atoms with E-state index in [1.807, 2.05) is 98.0 Å². The molecule has 4 aromatic carbocycles. The highest BCUT2D eigenvalue weighted by Gasteiger charge is 2.40. The summed E-state index contributed by atoms with van der Waals surface area (Å²) in [5.41, 5.74) is 12.6. The molecule has 0 radical (unpaired) electrons. The highest BCUT2D eigenvalue weighted by Crippen LogP contribution is 2.51. The minimum Gasteiger partial charge on any atom is -0.489 e. The first-order valence-electron chi connectivity index (χ1n) is 29.0. The summed E-state index contributed by atoms with van der Waals surface area (Å²) in [4.78, 5) is 33.7. The van der Waals surface area contributed by atoms with Crippen molar-refractivity contribution in [2.24, 2.45) is 14.1 Å². The highest BCUT2D eigenvalue weighted by molar-refractivity contribution is 9.10. The van der Waals surface area contributed by atoms with Gasteiger partial charge in [-0.05, 0) is 161 Å².